The van der Waals surface area contributed by atoms with Crippen LogP contribution in [-0.4, -0.2) is 17.7 Å². The number of fused-ring (bicyclic) bond motifs is 1. The first kappa shape index (κ1) is 17.6. The van der Waals surface area contributed by atoms with Crippen LogP contribution in [0.1, 0.15) is 22.3 Å². The summed E-state index contributed by atoms with van der Waals surface area (Å²) in [5, 5.41) is 11.1. The number of nitro benzene ring substituents is 1. The first-order chi connectivity index (χ1) is 12.5. The molecule has 1 heterocycles. The molecule has 0 fully saturated rings. The summed E-state index contributed by atoms with van der Waals surface area (Å²) >= 11 is 0. The second-order valence-electron chi connectivity index (χ2n) is 5.81. The molecule has 2 aromatic carbocycles. The summed E-state index contributed by atoms with van der Waals surface area (Å²) in [6.45, 7) is 2.13. The van der Waals surface area contributed by atoms with E-state index in [1.807, 2.05) is 31.2 Å². The van der Waals surface area contributed by atoms with Crippen molar-refractivity contribution in [2.24, 2.45) is 0 Å². The number of hydrogen-bond acceptors (Lipinski definition) is 6. The molecule has 0 radical (unpaired) electrons. The minimum absolute atomic E-state index is 0.0546. The number of benzene rings is 2. The van der Waals surface area contributed by atoms with E-state index >= 15 is 0 Å². The third kappa shape index (κ3) is 4.25. The standard InChI is InChI=1S/C19H17NO6/c1-13-2-4-14(5-3-13)6-7-18(21)25-11-16-9-17(20(22)23)8-15-10-24-12-26-19(15)16/h2-9H,10-12H2,1H3. The third-order valence-corrected chi connectivity index (χ3v) is 3.84. The van der Waals surface area contributed by atoms with Crippen molar-refractivity contribution in [2.45, 2.75) is 20.1 Å². The lowest BCUT2D eigenvalue weighted by Gasteiger charge is -2.20. The van der Waals surface area contributed by atoms with Crippen LogP contribution in [0.4, 0.5) is 5.69 Å². The first-order valence-corrected chi connectivity index (χ1v) is 7.95. The van der Waals surface area contributed by atoms with Crippen molar-refractivity contribution in [1.29, 1.82) is 0 Å². The maximum absolute atomic E-state index is 11.9. The fourth-order valence-corrected chi connectivity index (χ4v) is 2.53. The smallest absolute Gasteiger partial charge is 0.331 e. The summed E-state index contributed by atoms with van der Waals surface area (Å²) in [6.07, 6.45) is 2.97. The normalized spacial score (nSPS) is 13.1. The van der Waals surface area contributed by atoms with Gasteiger partial charge in [0.05, 0.1) is 11.5 Å². The molecule has 134 valence electrons. The Morgan fingerprint density at radius 2 is 2.08 bits per heavy atom. The van der Waals surface area contributed by atoms with Crippen molar-refractivity contribution in [1.82, 2.24) is 0 Å². The number of esters is 1. The zero-order valence-corrected chi connectivity index (χ0v) is 14.1. The van der Waals surface area contributed by atoms with E-state index in [4.69, 9.17) is 14.2 Å². The molecule has 1 aliphatic heterocycles. The summed E-state index contributed by atoms with van der Waals surface area (Å²) in [6, 6.07) is 10.4. The molecule has 2 aromatic rings. The average Bonchev–Trinajstić information content (AvgIpc) is 2.65. The lowest BCUT2D eigenvalue weighted by Crippen LogP contribution is -2.14. The summed E-state index contributed by atoms with van der Waals surface area (Å²) < 4.78 is 15.8. The first-order valence-electron chi connectivity index (χ1n) is 7.95. The number of nitrogens with zero attached hydrogens (tertiary/aromatic N) is 1. The number of ether oxygens (including phenoxy) is 3. The van der Waals surface area contributed by atoms with Gasteiger partial charge in [-0.2, -0.15) is 0 Å². The summed E-state index contributed by atoms with van der Waals surface area (Å²) in [4.78, 5) is 22.5. The summed E-state index contributed by atoms with van der Waals surface area (Å²) in [5.41, 5.74) is 2.91. The van der Waals surface area contributed by atoms with Crippen molar-refractivity contribution >= 4 is 17.7 Å². The summed E-state index contributed by atoms with van der Waals surface area (Å²) in [5.74, 6) is -0.0740. The van der Waals surface area contributed by atoms with Gasteiger partial charge in [0.1, 0.15) is 12.4 Å². The highest BCUT2D eigenvalue weighted by Crippen LogP contribution is 2.33. The number of carbonyl (C=O) groups is 1. The maximum atomic E-state index is 11.9. The van der Waals surface area contributed by atoms with E-state index in [2.05, 4.69) is 0 Å². The highest BCUT2D eigenvalue weighted by Gasteiger charge is 2.21. The Morgan fingerprint density at radius 3 is 2.81 bits per heavy atom. The minimum atomic E-state index is -0.544. The van der Waals surface area contributed by atoms with E-state index in [1.54, 1.807) is 6.08 Å². The Morgan fingerprint density at radius 1 is 1.31 bits per heavy atom. The van der Waals surface area contributed by atoms with E-state index in [1.165, 1.54) is 18.2 Å². The zero-order valence-electron chi connectivity index (χ0n) is 14.1. The van der Waals surface area contributed by atoms with Gasteiger partial charge in [0.2, 0.25) is 0 Å². The predicted molar refractivity (Wildman–Crippen MR) is 93.4 cm³/mol. The van der Waals surface area contributed by atoms with Crippen LogP contribution in [-0.2, 0) is 27.5 Å². The van der Waals surface area contributed by atoms with Crippen LogP contribution >= 0.6 is 0 Å². The topological polar surface area (TPSA) is 87.9 Å². The van der Waals surface area contributed by atoms with E-state index in [-0.39, 0.29) is 25.7 Å². The molecule has 0 unspecified atom stereocenters. The molecule has 0 amide bonds. The molecular weight excluding hydrogens is 338 g/mol. The van der Waals surface area contributed by atoms with E-state index in [9.17, 15) is 14.9 Å². The molecular formula is C19H17NO6. The third-order valence-electron chi connectivity index (χ3n) is 3.84. The predicted octanol–water partition coefficient (Wildman–Crippen LogP) is 3.53. The van der Waals surface area contributed by atoms with Crippen molar-refractivity contribution in [3.63, 3.8) is 0 Å². The second kappa shape index (κ2) is 7.79. The van der Waals surface area contributed by atoms with E-state index in [0.717, 1.165) is 11.1 Å². The van der Waals surface area contributed by atoms with E-state index < -0.39 is 10.9 Å². The van der Waals surface area contributed by atoms with Crippen LogP contribution in [0.15, 0.2) is 42.5 Å². The van der Waals surface area contributed by atoms with Crippen LogP contribution in [0.3, 0.4) is 0 Å². The minimum Gasteiger partial charge on any atom is -0.467 e. The largest absolute Gasteiger partial charge is 0.467 e. The lowest BCUT2D eigenvalue weighted by atomic mass is 10.1. The highest BCUT2D eigenvalue weighted by atomic mass is 16.7. The molecule has 7 nitrogen and oxygen atoms in total. The number of aryl methyl sites for hydroxylation is 1. The van der Waals surface area contributed by atoms with Crippen molar-refractivity contribution in [3.05, 3.63) is 74.8 Å². The molecule has 3 rings (SSSR count). The van der Waals surface area contributed by atoms with Gasteiger partial charge >= 0.3 is 5.97 Å². The van der Waals surface area contributed by atoms with Gasteiger partial charge in [0.25, 0.3) is 5.69 Å². The zero-order chi connectivity index (χ0) is 18.5. The monoisotopic (exact) mass is 355 g/mol. The Bertz CT molecular complexity index is 857. The Labute approximate surface area is 150 Å². The number of non-ortho nitro benzene ring substituents is 1. The molecule has 0 atom stereocenters. The van der Waals surface area contributed by atoms with Crippen molar-refractivity contribution in [2.75, 3.05) is 6.79 Å². The van der Waals surface area contributed by atoms with Gasteiger partial charge in [0, 0.05) is 29.3 Å². The van der Waals surface area contributed by atoms with Gasteiger partial charge in [-0.15, -0.1) is 0 Å². The SMILES string of the molecule is Cc1ccc(C=CC(=O)OCc2cc([N+](=O)[O-])cc3c2OCOC3)cc1. The number of nitro groups is 1. The molecule has 0 saturated carbocycles. The molecule has 0 aromatic heterocycles. The Balaban J connectivity index is 1.70. The molecule has 0 aliphatic carbocycles. The number of rotatable bonds is 5. The van der Waals surface area contributed by atoms with Crippen LogP contribution in [0.5, 0.6) is 5.75 Å². The van der Waals surface area contributed by atoms with Crippen molar-refractivity contribution in [3.8, 4) is 5.75 Å². The van der Waals surface area contributed by atoms with Crippen molar-refractivity contribution < 1.29 is 23.9 Å². The molecule has 0 spiro atoms. The van der Waals surface area contributed by atoms with Crippen LogP contribution in [0, 0.1) is 17.0 Å². The van der Waals surface area contributed by atoms with Gasteiger partial charge < -0.3 is 14.2 Å². The van der Waals surface area contributed by atoms with Crippen LogP contribution in [0.2, 0.25) is 0 Å². The van der Waals surface area contributed by atoms with Gasteiger partial charge in [-0.1, -0.05) is 29.8 Å². The van der Waals surface area contributed by atoms with Crippen LogP contribution < -0.4 is 4.74 Å². The fourth-order valence-electron chi connectivity index (χ4n) is 2.53. The molecule has 26 heavy (non-hydrogen) atoms. The van der Waals surface area contributed by atoms with Gasteiger partial charge in [-0.25, -0.2) is 4.79 Å². The molecule has 0 N–H and O–H groups in total. The van der Waals surface area contributed by atoms with Crippen LogP contribution in [0.25, 0.3) is 6.08 Å². The fraction of sp³-hybridized carbons (Fsp3) is 0.211. The van der Waals surface area contributed by atoms with E-state index in [0.29, 0.717) is 16.9 Å². The molecule has 7 heteroatoms. The molecule has 0 saturated heterocycles. The summed E-state index contributed by atoms with van der Waals surface area (Å²) in [7, 11) is 0. The highest BCUT2D eigenvalue weighted by molar-refractivity contribution is 5.87. The average molecular weight is 355 g/mol. The maximum Gasteiger partial charge on any atom is 0.331 e. The molecule has 0 bridgehead atoms. The number of hydrogen-bond donors (Lipinski definition) is 0. The van der Waals surface area contributed by atoms with Gasteiger partial charge in [0.15, 0.2) is 6.79 Å². The van der Waals surface area contributed by atoms with Gasteiger partial charge in [-0.3, -0.25) is 10.1 Å². The Hall–Kier alpha value is -3.19. The Kier molecular flexibility index (Phi) is 5.28. The molecule has 1 aliphatic rings. The lowest BCUT2D eigenvalue weighted by molar-refractivity contribution is -0.385. The number of carbonyl (C=O) groups excluding carboxylic acids is 1. The quantitative estimate of drug-likeness (QED) is 0.353. The second-order valence-corrected chi connectivity index (χ2v) is 5.81. The van der Waals surface area contributed by atoms with Gasteiger partial charge in [-0.05, 0) is 18.6 Å².